The van der Waals surface area contributed by atoms with E-state index in [4.69, 9.17) is 16.3 Å². The van der Waals surface area contributed by atoms with E-state index in [-0.39, 0.29) is 11.4 Å². The molecule has 0 bridgehead atoms. The van der Waals surface area contributed by atoms with Crippen molar-refractivity contribution in [1.29, 1.82) is 0 Å². The molecule has 0 aliphatic rings. The minimum absolute atomic E-state index is 0.0713. The Bertz CT molecular complexity index is 469. The molecule has 0 radical (unpaired) electrons. The van der Waals surface area contributed by atoms with Crippen molar-refractivity contribution in [3.8, 4) is 5.75 Å². The Labute approximate surface area is 106 Å². The van der Waals surface area contributed by atoms with E-state index in [0.29, 0.717) is 11.3 Å². The van der Waals surface area contributed by atoms with E-state index in [9.17, 15) is 4.79 Å². The third-order valence-corrected chi connectivity index (χ3v) is 2.38. The topological polar surface area (TPSA) is 90.8 Å². The van der Waals surface area contributed by atoms with Gasteiger partial charge in [-0.05, 0) is 12.1 Å². The number of para-hydroxylation sites is 1. The molecular formula is C12H17N3O3. The van der Waals surface area contributed by atoms with Crippen LogP contribution in [-0.2, 0) is 9.53 Å². The average molecular weight is 251 g/mol. The molecule has 6 heteroatoms. The number of benzene rings is 1. The number of methoxy groups -OCH3 is 2. The molecule has 18 heavy (non-hydrogen) atoms. The van der Waals surface area contributed by atoms with Crippen LogP contribution in [0.2, 0.25) is 0 Å². The molecule has 0 spiro atoms. The minimum atomic E-state index is -0.608. The maximum atomic E-state index is 11.6. The molecule has 1 rings (SSSR count). The van der Waals surface area contributed by atoms with Gasteiger partial charge in [-0.25, -0.2) is 10.6 Å². The van der Waals surface area contributed by atoms with E-state index in [0.717, 1.165) is 5.01 Å². The fourth-order valence-corrected chi connectivity index (χ4v) is 1.54. The van der Waals surface area contributed by atoms with Crippen LogP contribution in [0.4, 0.5) is 0 Å². The van der Waals surface area contributed by atoms with Gasteiger partial charge in [-0.1, -0.05) is 12.1 Å². The fourth-order valence-electron chi connectivity index (χ4n) is 1.54. The van der Waals surface area contributed by atoms with E-state index < -0.39 is 5.97 Å². The monoisotopic (exact) mass is 251 g/mol. The number of nitrogens with two attached hydrogens (primary N) is 2. The lowest BCUT2D eigenvalue weighted by Crippen LogP contribution is -2.33. The van der Waals surface area contributed by atoms with Gasteiger partial charge in [0.25, 0.3) is 0 Å². The van der Waals surface area contributed by atoms with Crippen molar-refractivity contribution in [2.45, 2.75) is 0 Å². The highest BCUT2D eigenvalue weighted by Gasteiger charge is 2.20. The standard InChI is InChI=1S/C12H17N3O3/c1-15(14)11(12(16)18-3)10(13)8-6-4-5-7-9(8)17-2/h4-7H,13-14H2,1-3H3/b11-10-. The highest BCUT2D eigenvalue weighted by atomic mass is 16.5. The largest absolute Gasteiger partial charge is 0.496 e. The maximum absolute atomic E-state index is 11.6. The van der Waals surface area contributed by atoms with Crippen molar-refractivity contribution >= 4 is 11.7 Å². The number of hydrogen-bond donors (Lipinski definition) is 2. The second-order valence-corrected chi connectivity index (χ2v) is 3.57. The van der Waals surface area contributed by atoms with Crippen LogP contribution in [0.15, 0.2) is 30.0 Å². The Morgan fingerprint density at radius 2 is 1.89 bits per heavy atom. The van der Waals surface area contributed by atoms with Gasteiger partial charge in [0, 0.05) is 12.6 Å². The number of ether oxygens (including phenoxy) is 2. The first-order valence-electron chi connectivity index (χ1n) is 5.22. The summed E-state index contributed by atoms with van der Waals surface area (Å²) in [5.41, 5.74) is 6.82. The highest BCUT2D eigenvalue weighted by molar-refractivity contribution is 5.96. The van der Waals surface area contributed by atoms with Gasteiger partial charge < -0.3 is 20.2 Å². The summed E-state index contributed by atoms with van der Waals surface area (Å²) in [7, 11) is 4.30. The van der Waals surface area contributed by atoms with Gasteiger partial charge in [-0.15, -0.1) is 0 Å². The molecular weight excluding hydrogens is 234 g/mol. The number of hydrazine groups is 1. The molecule has 0 aliphatic heterocycles. The van der Waals surface area contributed by atoms with Gasteiger partial charge in [0.05, 0.1) is 19.9 Å². The number of carbonyl (C=O) groups is 1. The lowest BCUT2D eigenvalue weighted by atomic mass is 10.1. The van der Waals surface area contributed by atoms with E-state index in [1.807, 2.05) is 0 Å². The van der Waals surface area contributed by atoms with Crippen LogP contribution in [0.1, 0.15) is 5.56 Å². The van der Waals surface area contributed by atoms with Crippen molar-refractivity contribution in [3.63, 3.8) is 0 Å². The van der Waals surface area contributed by atoms with Crippen LogP contribution in [-0.4, -0.2) is 32.2 Å². The number of carbonyl (C=O) groups excluding carboxylic acids is 1. The molecule has 4 N–H and O–H groups in total. The van der Waals surface area contributed by atoms with Crippen molar-refractivity contribution < 1.29 is 14.3 Å². The summed E-state index contributed by atoms with van der Waals surface area (Å²) >= 11 is 0. The smallest absolute Gasteiger partial charge is 0.357 e. The molecule has 0 unspecified atom stereocenters. The summed E-state index contributed by atoms with van der Waals surface area (Å²) in [6.07, 6.45) is 0. The summed E-state index contributed by atoms with van der Waals surface area (Å²) in [4.78, 5) is 11.6. The van der Waals surface area contributed by atoms with Crippen molar-refractivity contribution in [1.82, 2.24) is 5.01 Å². The zero-order chi connectivity index (χ0) is 13.7. The summed E-state index contributed by atoms with van der Waals surface area (Å²) in [5, 5.41) is 1.12. The molecule has 0 heterocycles. The Morgan fingerprint density at radius 1 is 1.28 bits per heavy atom. The molecule has 0 saturated heterocycles. The Balaban J connectivity index is 3.38. The third kappa shape index (κ3) is 2.72. The van der Waals surface area contributed by atoms with Gasteiger partial charge in [0.15, 0.2) is 5.70 Å². The zero-order valence-corrected chi connectivity index (χ0v) is 10.6. The van der Waals surface area contributed by atoms with E-state index in [1.54, 1.807) is 24.3 Å². The van der Waals surface area contributed by atoms with Gasteiger partial charge >= 0.3 is 5.97 Å². The van der Waals surface area contributed by atoms with Gasteiger partial charge in [-0.2, -0.15) is 0 Å². The van der Waals surface area contributed by atoms with Crippen LogP contribution >= 0.6 is 0 Å². The van der Waals surface area contributed by atoms with Crippen LogP contribution < -0.4 is 16.3 Å². The number of rotatable bonds is 4. The second-order valence-electron chi connectivity index (χ2n) is 3.57. The third-order valence-electron chi connectivity index (χ3n) is 2.38. The molecule has 0 aliphatic carbocycles. The summed E-state index contributed by atoms with van der Waals surface area (Å²) in [6.45, 7) is 0. The quantitative estimate of drug-likeness (QED) is 0.346. The SMILES string of the molecule is COC(=O)/C(=C(/N)c1ccccc1OC)N(C)N. The van der Waals surface area contributed by atoms with Gasteiger partial charge in [0.2, 0.25) is 0 Å². The predicted molar refractivity (Wildman–Crippen MR) is 68.1 cm³/mol. The van der Waals surface area contributed by atoms with Crippen molar-refractivity contribution in [3.05, 3.63) is 35.5 Å². The lowest BCUT2D eigenvalue weighted by Gasteiger charge is -2.18. The molecule has 0 fully saturated rings. The van der Waals surface area contributed by atoms with Crippen LogP contribution in [0.5, 0.6) is 5.75 Å². The Kier molecular flexibility index (Phi) is 4.56. The number of hydrogen-bond acceptors (Lipinski definition) is 6. The van der Waals surface area contributed by atoms with Crippen LogP contribution in [0.3, 0.4) is 0 Å². The molecule has 0 atom stereocenters. The fraction of sp³-hybridized carbons (Fsp3) is 0.250. The Hall–Kier alpha value is -2.21. The predicted octanol–water partition coefficient (Wildman–Crippen LogP) is 0.301. The average Bonchev–Trinajstić information content (AvgIpc) is 2.37. The van der Waals surface area contributed by atoms with E-state index in [2.05, 4.69) is 4.74 Å². The van der Waals surface area contributed by atoms with Crippen molar-refractivity contribution in [2.24, 2.45) is 11.6 Å². The van der Waals surface area contributed by atoms with E-state index in [1.165, 1.54) is 21.3 Å². The first-order valence-corrected chi connectivity index (χ1v) is 5.22. The van der Waals surface area contributed by atoms with Crippen molar-refractivity contribution in [2.75, 3.05) is 21.3 Å². The second kappa shape index (κ2) is 5.92. The number of likely N-dealkylation sites (N-methyl/N-ethyl adjacent to an activating group) is 1. The number of esters is 1. The minimum Gasteiger partial charge on any atom is -0.496 e. The summed E-state index contributed by atoms with van der Waals surface area (Å²) in [6, 6.07) is 7.07. The lowest BCUT2D eigenvalue weighted by molar-refractivity contribution is -0.137. The summed E-state index contributed by atoms with van der Waals surface area (Å²) in [5.74, 6) is 5.54. The number of nitrogens with zero attached hydrogens (tertiary/aromatic N) is 1. The maximum Gasteiger partial charge on any atom is 0.357 e. The molecule has 1 aromatic carbocycles. The van der Waals surface area contributed by atoms with Crippen LogP contribution in [0.25, 0.3) is 5.70 Å². The first-order chi connectivity index (χ1) is 8.52. The molecule has 1 aromatic rings. The Morgan fingerprint density at radius 3 is 2.39 bits per heavy atom. The van der Waals surface area contributed by atoms with Gasteiger partial charge in [0.1, 0.15) is 5.75 Å². The molecule has 98 valence electrons. The van der Waals surface area contributed by atoms with Gasteiger partial charge in [-0.3, -0.25) is 0 Å². The highest BCUT2D eigenvalue weighted by Crippen LogP contribution is 2.25. The normalized spacial score (nSPS) is 11.6. The zero-order valence-electron chi connectivity index (χ0n) is 10.6. The first kappa shape index (κ1) is 13.9. The molecule has 6 nitrogen and oxygen atoms in total. The van der Waals surface area contributed by atoms with E-state index >= 15 is 0 Å². The molecule has 0 aromatic heterocycles. The van der Waals surface area contributed by atoms with Crippen LogP contribution in [0, 0.1) is 0 Å². The molecule has 0 amide bonds. The molecule has 0 saturated carbocycles. The summed E-state index contributed by atoms with van der Waals surface area (Å²) < 4.78 is 9.83.